The van der Waals surface area contributed by atoms with E-state index >= 15 is 0 Å². The Hall–Kier alpha value is -1.22. The number of carbonyl (C=O) groups excluding carboxylic acids is 1. The first kappa shape index (κ1) is 13.2. The Morgan fingerprint density at radius 1 is 1.00 bits per heavy atom. The van der Waals surface area contributed by atoms with Gasteiger partial charge in [0.2, 0.25) is 0 Å². The average molecular weight is 301 g/mol. The topological polar surface area (TPSA) is 43.1 Å². The Morgan fingerprint density at radius 3 is 2.39 bits per heavy atom. The van der Waals surface area contributed by atoms with Crippen LogP contribution in [0.5, 0.6) is 0 Å². The standard InChI is InChI=1S/C13H8Cl3NO/c14-9-3-1-2-8(12(9)16)13(18)7-4-5-11(17)10(15)6-7/h1-6H,17H2. The Balaban J connectivity index is 2.48. The van der Waals surface area contributed by atoms with Crippen LogP contribution in [0.3, 0.4) is 0 Å². The van der Waals surface area contributed by atoms with Gasteiger partial charge in [0.05, 0.1) is 20.8 Å². The van der Waals surface area contributed by atoms with Crippen molar-refractivity contribution >= 4 is 46.3 Å². The van der Waals surface area contributed by atoms with E-state index < -0.39 is 0 Å². The molecule has 0 saturated carbocycles. The molecule has 2 aromatic rings. The molecule has 0 unspecified atom stereocenters. The van der Waals surface area contributed by atoms with Gasteiger partial charge in [0.1, 0.15) is 0 Å². The van der Waals surface area contributed by atoms with E-state index in [0.717, 1.165) is 0 Å². The van der Waals surface area contributed by atoms with E-state index in [1.54, 1.807) is 30.3 Å². The van der Waals surface area contributed by atoms with Crippen molar-refractivity contribution in [2.45, 2.75) is 0 Å². The van der Waals surface area contributed by atoms with Crippen molar-refractivity contribution in [3.05, 3.63) is 62.6 Å². The van der Waals surface area contributed by atoms with Crippen LogP contribution in [0.25, 0.3) is 0 Å². The smallest absolute Gasteiger partial charge is 0.194 e. The summed E-state index contributed by atoms with van der Waals surface area (Å²) in [5, 5.41) is 0.903. The van der Waals surface area contributed by atoms with Crippen molar-refractivity contribution in [2.75, 3.05) is 5.73 Å². The van der Waals surface area contributed by atoms with E-state index in [0.29, 0.717) is 26.9 Å². The molecule has 0 aliphatic heterocycles. The molecule has 18 heavy (non-hydrogen) atoms. The SMILES string of the molecule is Nc1ccc(C(=O)c2cccc(Cl)c2Cl)cc1Cl. The molecule has 5 heteroatoms. The van der Waals surface area contributed by atoms with Gasteiger partial charge in [-0.2, -0.15) is 0 Å². The predicted molar refractivity (Wildman–Crippen MR) is 75.8 cm³/mol. The highest BCUT2D eigenvalue weighted by atomic mass is 35.5. The lowest BCUT2D eigenvalue weighted by atomic mass is 10.0. The minimum absolute atomic E-state index is 0.233. The summed E-state index contributed by atoms with van der Waals surface area (Å²) in [5.41, 5.74) is 6.77. The first-order valence-corrected chi connectivity index (χ1v) is 6.18. The fraction of sp³-hybridized carbons (Fsp3) is 0. The molecule has 0 aliphatic rings. The summed E-state index contributed by atoms with van der Waals surface area (Å²) in [6.45, 7) is 0. The Kier molecular flexibility index (Phi) is 3.81. The summed E-state index contributed by atoms with van der Waals surface area (Å²) in [7, 11) is 0. The molecule has 0 saturated heterocycles. The van der Waals surface area contributed by atoms with Crippen LogP contribution in [0.2, 0.25) is 15.1 Å². The fourth-order valence-corrected chi connectivity index (χ4v) is 2.07. The van der Waals surface area contributed by atoms with Gasteiger partial charge in [-0.1, -0.05) is 40.9 Å². The normalized spacial score (nSPS) is 10.4. The van der Waals surface area contributed by atoms with Crippen molar-refractivity contribution in [1.29, 1.82) is 0 Å². The summed E-state index contributed by atoms with van der Waals surface area (Å²) in [4.78, 5) is 12.2. The van der Waals surface area contributed by atoms with Crippen molar-refractivity contribution < 1.29 is 4.79 Å². The van der Waals surface area contributed by atoms with Crippen LogP contribution in [-0.4, -0.2) is 5.78 Å². The monoisotopic (exact) mass is 299 g/mol. The van der Waals surface area contributed by atoms with Gasteiger partial charge in [0, 0.05) is 11.1 Å². The molecule has 0 fully saturated rings. The van der Waals surface area contributed by atoms with Gasteiger partial charge in [-0.15, -0.1) is 0 Å². The van der Waals surface area contributed by atoms with E-state index in [-0.39, 0.29) is 10.8 Å². The molecule has 0 amide bonds. The van der Waals surface area contributed by atoms with Crippen molar-refractivity contribution in [1.82, 2.24) is 0 Å². The Morgan fingerprint density at radius 2 is 1.72 bits per heavy atom. The third kappa shape index (κ3) is 2.46. The van der Waals surface area contributed by atoms with Gasteiger partial charge in [-0.05, 0) is 30.3 Å². The quantitative estimate of drug-likeness (QED) is 0.657. The summed E-state index contributed by atoms with van der Waals surface area (Å²) >= 11 is 17.8. The summed E-state index contributed by atoms with van der Waals surface area (Å²) in [5.74, 6) is -0.246. The average Bonchev–Trinajstić information content (AvgIpc) is 2.35. The Bertz CT molecular complexity index is 626. The van der Waals surface area contributed by atoms with Crippen LogP contribution in [0.1, 0.15) is 15.9 Å². The van der Waals surface area contributed by atoms with Crippen molar-refractivity contribution in [2.24, 2.45) is 0 Å². The van der Waals surface area contributed by atoms with E-state index in [4.69, 9.17) is 40.5 Å². The molecule has 0 heterocycles. The number of nitrogens with two attached hydrogens (primary N) is 1. The van der Waals surface area contributed by atoms with Gasteiger partial charge < -0.3 is 5.73 Å². The molecule has 0 atom stereocenters. The van der Waals surface area contributed by atoms with Crippen molar-refractivity contribution in [3.8, 4) is 0 Å². The summed E-state index contributed by atoms with van der Waals surface area (Å²) < 4.78 is 0. The molecule has 0 aliphatic carbocycles. The minimum Gasteiger partial charge on any atom is -0.398 e. The molecule has 2 aromatic carbocycles. The second kappa shape index (κ2) is 5.19. The van der Waals surface area contributed by atoms with E-state index in [9.17, 15) is 4.79 Å². The minimum atomic E-state index is -0.246. The molecule has 2 N–H and O–H groups in total. The summed E-state index contributed by atoms with van der Waals surface area (Å²) in [6.07, 6.45) is 0. The molecule has 0 bridgehead atoms. The van der Waals surface area contributed by atoms with Crippen LogP contribution in [-0.2, 0) is 0 Å². The number of halogens is 3. The van der Waals surface area contributed by atoms with Crippen LogP contribution in [0, 0.1) is 0 Å². The van der Waals surface area contributed by atoms with Crippen LogP contribution in [0.4, 0.5) is 5.69 Å². The number of benzene rings is 2. The number of hydrogen-bond acceptors (Lipinski definition) is 2. The number of nitrogen functional groups attached to an aromatic ring is 1. The first-order chi connectivity index (χ1) is 8.50. The lowest BCUT2D eigenvalue weighted by Crippen LogP contribution is -2.03. The molecular formula is C13H8Cl3NO. The molecule has 0 spiro atoms. The lowest BCUT2D eigenvalue weighted by molar-refractivity contribution is 0.103. The highest BCUT2D eigenvalue weighted by molar-refractivity contribution is 6.44. The fourth-order valence-electron chi connectivity index (χ4n) is 1.50. The maximum Gasteiger partial charge on any atom is 0.194 e. The lowest BCUT2D eigenvalue weighted by Gasteiger charge is -2.06. The van der Waals surface area contributed by atoms with Gasteiger partial charge in [-0.25, -0.2) is 0 Å². The largest absolute Gasteiger partial charge is 0.398 e. The van der Waals surface area contributed by atoms with Crippen LogP contribution in [0.15, 0.2) is 36.4 Å². The predicted octanol–water partition coefficient (Wildman–Crippen LogP) is 4.46. The highest BCUT2D eigenvalue weighted by Crippen LogP contribution is 2.28. The number of rotatable bonds is 2. The van der Waals surface area contributed by atoms with E-state index in [1.165, 1.54) is 6.07 Å². The Labute approximate surface area is 119 Å². The van der Waals surface area contributed by atoms with Gasteiger partial charge in [-0.3, -0.25) is 4.79 Å². The second-order valence-electron chi connectivity index (χ2n) is 3.67. The zero-order chi connectivity index (χ0) is 13.3. The number of hydrogen-bond donors (Lipinski definition) is 1. The molecule has 2 nitrogen and oxygen atoms in total. The molecular weight excluding hydrogens is 293 g/mol. The zero-order valence-electron chi connectivity index (χ0n) is 9.08. The van der Waals surface area contributed by atoms with Crippen LogP contribution < -0.4 is 5.73 Å². The number of carbonyl (C=O) groups is 1. The molecule has 92 valence electrons. The molecule has 0 aromatic heterocycles. The third-order valence-corrected chi connectivity index (χ3v) is 3.61. The molecule has 0 radical (unpaired) electrons. The van der Waals surface area contributed by atoms with Crippen LogP contribution >= 0.6 is 34.8 Å². The number of anilines is 1. The zero-order valence-corrected chi connectivity index (χ0v) is 11.4. The summed E-state index contributed by atoms with van der Waals surface area (Å²) in [6, 6.07) is 9.59. The van der Waals surface area contributed by atoms with E-state index in [1.807, 2.05) is 0 Å². The van der Waals surface area contributed by atoms with Crippen molar-refractivity contribution in [3.63, 3.8) is 0 Å². The maximum absolute atomic E-state index is 12.2. The highest BCUT2D eigenvalue weighted by Gasteiger charge is 2.15. The third-order valence-electron chi connectivity index (χ3n) is 2.46. The maximum atomic E-state index is 12.2. The van der Waals surface area contributed by atoms with E-state index in [2.05, 4.69) is 0 Å². The number of ketones is 1. The second-order valence-corrected chi connectivity index (χ2v) is 4.86. The van der Waals surface area contributed by atoms with Gasteiger partial charge >= 0.3 is 0 Å². The first-order valence-electron chi connectivity index (χ1n) is 5.04. The van der Waals surface area contributed by atoms with Gasteiger partial charge in [0.15, 0.2) is 5.78 Å². The van der Waals surface area contributed by atoms with Gasteiger partial charge in [0.25, 0.3) is 0 Å². The molecule has 2 rings (SSSR count).